The third kappa shape index (κ3) is 2.98. The lowest BCUT2D eigenvalue weighted by molar-refractivity contribution is 0.0949. The van der Waals surface area contributed by atoms with Gasteiger partial charge in [0, 0.05) is 18.3 Å². The Morgan fingerprint density at radius 3 is 3.14 bits per heavy atom. The van der Waals surface area contributed by atoms with E-state index in [-0.39, 0.29) is 17.4 Å². The SMILES string of the molecule is NC(CCNC(=O)c1csnn1)=NO. The summed E-state index contributed by atoms with van der Waals surface area (Å²) >= 11 is 1.10. The molecule has 0 saturated heterocycles. The zero-order valence-electron chi connectivity index (χ0n) is 7.17. The average Bonchev–Trinajstić information content (AvgIpc) is 2.70. The second-order valence-electron chi connectivity index (χ2n) is 2.39. The number of nitrogens with two attached hydrogens (primary N) is 1. The maximum absolute atomic E-state index is 11.2. The summed E-state index contributed by atoms with van der Waals surface area (Å²) in [4.78, 5) is 11.2. The first-order valence-corrected chi connectivity index (χ1v) is 4.59. The van der Waals surface area contributed by atoms with Crippen molar-refractivity contribution in [2.45, 2.75) is 6.42 Å². The van der Waals surface area contributed by atoms with Crippen molar-refractivity contribution in [3.05, 3.63) is 11.1 Å². The van der Waals surface area contributed by atoms with Crippen LogP contribution in [0.4, 0.5) is 0 Å². The predicted molar refractivity (Wildman–Crippen MR) is 50.3 cm³/mol. The Bertz CT molecular complexity index is 323. The van der Waals surface area contributed by atoms with E-state index < -0.39 is 0 Å². The molecule has 0 aliphatic rings. The molecule has 0 unspecified atom stereocenters. The number of hydrogen-bond donors (Lipinski definition) is 3. The van der Waals surface area contributed by atoms with Crippen molar-refractivity contribution < 1.29 is 10.0 Å². The second kappa shape index (κ2) is 5.12. The van der Waals surface area contributed by atoms with Crippen molar-refractivity contribution in [1.82, 2.24) is 14.9 Å². The summed E-state index contributed by atoms with van der Waals surface area (Å²) in [6, 6.07) is 0. The van der Waals surface area contributed by atoms with Gasteiger partial charge in [-0.1, -0.05) is 9.64 Å². The lowest BCUT2D eigenvalue weighted by Gasteiger charge is -2.00. The van der Waals surface area contributed by atoms with Crippen molar-refractivity contribution in [2.75, 3.05) is 6.54 Å². The number of carbonyl (C=O) groups excluding carboxylic acids is 1. The Kier molecular flexibility index (Phi) is 3.80. The van der Waals surface area contributed by atoms with Gasteiger partial charge in [-0.3, -0.25) is 4.79 Å². The van der Waals surface area contributed by atoms with Crippen molar-refractivity contribution in [3.8, 4) is 0 Å². The van der Waals surface area contributed by atoms with E-state index in [1.54, 1.807) is 5.38 Å². The minimum Gasteiger partial charge on any atom is -0.409 e. The van der Waals surface area contributed by atoms with Crippen molar-refractivity contribution in [1.29, 1.82) is 0 Å². The van der Waals surface area contributed by atoms with Gasteiger partial charge in [0.15, 0.2) is 5.69 Å². The molecule has 1 rings (SSSR count). The zero-order chi connectivity index (χ0) is 10.4. The largest absolute Gasteiger partial charge is 0.409 e. The number of nitrogens with zero attached hydrogens (tertiary/aromatic N) is 3. The normalized spacial score (nSPS) is 11.3. The number of nitrogens with one attached hydrogen (secondary N) is 1. The molecule has 1 amide bonds. The summed E-state index contributed by atoms with van der Waals surface area (Å²) in [6.45, 7) is 0.298. The lowest BCUT2D eigenvalue weighted by atomic mass is 10.4. The van der Waals surface area contributed by atoms with E-state index in [1.165, 1.54) is 0 Å². The molecule has 1 aromatic rings. The van der Waals surface area contributed by atoms with Crippen LogP contribution >= 0.6 is 11.5 Å². The van der Waals surface area contributed by atoms with Crippen LogP contribution in [0.5, 0.6) is 0 Å². The van der Waals surface area contributed by atoms with E-state index in [1.807, 2.05) is 0 Å². The van der Waals surface area contributed by atoms with Gasteiger partial charge in [0.05, 0.1) is 0 Å². The number of oxime groups is 1. The molecule has 0 fully saturated rings. The molecule has 0 spiro atoms. The first kappa shape index (κ1) is 10.4. The third-order valence-electron chi connectivity index (χ3n) is 1.39. The number of carbonyl (C=O) groups is 1. The van der Waals surface area contributed by atoms with E-state index in [0.29, 0.717) is 13.0 Å². The van der Waals surface area contributed by atoms with Gasteiger partial charge < -0.3 is 16.3 Å². The van der Waals surface area contributed by atoms with Crippen molar-refractivity contribution >= 4 is 23.3 Å². The third-order valence-corrected chi connectivity index (χ3v) is 1.89. The molecule has 0 bridgehead atoms. The number of amides is 1. The van der Waals surface area contributed by atoms with Crippen LogP contribution in [0.2, 0.25) is 0 Å². The molecule has 0 saturated carbocycles. The molecular formula is C6H9N5O2S. The molecule has 0 radical (unpaired) electrons. The van der Waals surface area contributed by atoms with Crippen LogP contribution in [-0.4, -0.2) is 33.1 Å². The molecule has 76 valence electrons. The first-order chi connectivity index (χ1) is 6.74. The number of aromatic nitrogens is 2. The topological polar surface area (TPSA) is 113 Å². The van der Waals surface area contributed by atoms with Crippen LogP contribution in [-0.2, 0) is 0 Å². The van der Waals surface area contributed by atoms with Gasteiger partial charge in [-0.15, -0.1) is 5.10 Å². The Hall–Kier alpha value is -1.70. The monoisotopic (exact) mass is 215 g/mol. The second-order valence-corrected chi connectivity index (χ2v) is 3.00. The minimum absolute atomic E-state index is 0.0710. The van der Waals surface area contributed by atoms with Gasteiger partial charge in [-0.2, -0.15) is 0 Å². The Morgan fingerprint density at radius 1 is 1.79 bits per heavy atom. The highest BCUT2D eigenvalue weighted by atomic mass is 32.1. The fourth-order valence-electron chi connectivity index (χ4n) is 0.708. The highest BCUT2D eigenvalue weighted by Gasteiger charge is 2.07. The van der Waals surface area contributed by atoms with Gasteiger partial charge >= 0.3 is 0 Å². The Labute approximate surface area is 83.8 Å². The van der Waals surface area contributed by atoms with Gasteiger partial charge in [0.25, 0.3) is 5.91 Å². The van der Waals surface area contributed by atoms with Crippen molar-refractivity contribution in [2.24, 2.45) is 10.9 Å². The molecule has 1 aromatic heterocycles. The van der Waals surface area contributed by atoms with Crippen molar-refractivity contribution in [3.63, 3.8) is 0 Å². The highest BCUT2D eigenvalue weighted by molar-refractivity contribution is 7.03. The van der Waals surface area contributed by atoms with Crippen LogP contribution < -0.4 is 11.1 Å². The van der Waals surface area contributed by atoms with E-state index in [0.717, 1.165) is 11.5 Å². The summed E-state index contributed by atoms with van der Waals surface area (Å²) in [7, 11) is 0. The van der Waals surface area contributed by atoms with Gasteiger partial charge in [0.2, 0.25) is 0 Å². The summed E-state index contributed by atoms with van der Waals surface area (Å²) in [5.74, 6) is -0.244. The quantitative estimate of drug-likeness (QED) is 0.269. The zero-order valence-corrected chi connectivity index (χ0v) is 7.99. The predicted octanol–water partition coefficient (Wildman–Crippen LogP) is -0.596. The molecule has 0 aliphatic heterocycles. The van der Waals surface area contributed by atoms with Gasteiger partial charge in [-0.05, 0) is 11.5 Å². The van der Waals surface area contributed by atoms with Gasteiger partial charge in [-0.25, -0.2) is 0 Å². The smallest absolute Gasteiger partial charge is 0.272 e. The molecule has 4 N–H and O–H groups in total. The maximum atomic E-state index is 11.2. The Morgan fingerprint density at radius 2 is 2.57 bits per heavy atom. The summed E-state index contributed by atoms with van der Waals surface area (Å²) in [6.07, 6.45) is 0.291. The molecule has 14 heavy (non-hydrogen) atoms. The average molecular weight is 215 g/mol. The number of rotatable bonds is 4. The van der Waals surface area contributed by atoms with Crippen LogP contribution in [0, 0.1) is 0 Å². The Balaban J connectivity index is 2.29. The minimum atomic E-state index is -0.315. The van der Waals surface area contributed by atoms with Gasteiger partial charge in [0.1, 0.15) is 5.84 Å². The fourth-order valence-corrected chi connectivity index (χ4v) is 1.14. The van der Waals surface area contributed by atoms with Crippen LogP contribution in [0.25, 0.3) is 0 Å². The molecule has 8 heteroatoms. The van der Waals surface area contributed by atoms with Crippen LogP contribution in [0.3, 0.4) is 0 Å². The molecular weight excluding hydrogens is 206 g/mol. The standard InChI is InChI=1S/C6H9N5O2S/c7-5(10-13)1-2-8-6(12)4-3-14-11-9-4/h3,13H,1-2H2,(H2,7,10)(H,8,12). The number of hydrogen-bond acceptors (Lipinski definition) is 6. The van der Waals surface area contributed by atoms with E-state index in [4.69, 9.17) is 10.9 Å². The van der Waals surface area contributed by atoms with Crippen LogP contribution in [0.15, 0.2) is 10.5 Å². The molecule has 7 nitrogen and oxygen atoms in total. The van der Waals surface area contributed by atoms with Crippen LogP contribution in [0.1, 0.15) is 16.9 Å². The van der Waals surface area contributed by atoms with E-state index in [9.17, 15) is 4.79 Å². The first-order valence-electron chi connectivity index (χ1n) is 3.75. The fraction of sp³-hybridized carbons (Fsp3) is 0.333. The molecule has 1 heterocycles. The summed E-state index contributed by atoms with van der Waals surface area (Å²) < 4.78 is 3.55. The lowest BCUT2D eigenvalue weighted by Crippen LogP contribution is -2.28. The maximum Gasteiger partial charge on any atom is 0.272 e. The molecule has 0 aliphatic carbocycles. The summed E-state index contributed by atoms with van der Waals surface area (Å²) in [5, 5.41) is 18.6. The number of amidine groups is 1. The molecule has 0 atom stereocenters. The molecule has 0 aromatic carbocycles. The van der Waals surface area contributed by atoms with E-state index in [2.05, 4.69) is 20.1 Å². The highest BCUT2D eigenvalue weighted by Crippen LogP contribution is 1.95. The van der Waals surface area contributed by atoms with E-state index >= 15 is 0 Å². The summed E-state index contributed by atoms with van der Waals surface area (Å²) in [5.41, 5.74) is 5.47.